The van der Waals surface area contributed by atoms with Crippen LogP contribution in [-0.4, -0.2) is 12.7 Å². The molecule has 0 spiro atoms. The van der Waals surface area contributed by atoms with Crippen molar-refractivity contribution in [1.82, 2.24) is 0 Å². The highest BCUT2D eigenvalue weighted by molar-refractivity contribution is 5.64. The zero-order valence-electron chi connectivity index (χ0n) is 7.99. The van der Waals surface area contributed by atoms with Gasteiger partial charge in [-0.15, -0.1) is 0 Å². The quantitative estimate of drug-likeness (QED) is 0.721. The van der Waals surface area contributed by atoms with Gasteiger partial charge in [0.25, 0.3) is 0 Å². The molecule has 0 atom stereocenters. The molecular formula is C10H15NO2. The molecule has 0 aliphatic carbocycles. The highest BCUT2D eigenvalue weighted by Crippen LogP contribution is 1.92. The van der Waals surface area contributed by atoms with E-state index in [9.17, 15) is 4.79 Å². The second-order valence-corrected chi connectivity index (χ2v) is 2.41. The molecule has 0 saturated carbocycles. The molecule has 2 N–H and O–H groups in total. The van der Waals surface area contributed by atoms with Crippen LogP contribution < -0.4 is 5.73 Å². The lowest BCUT2D eigenvalue weighted by Gasteiger charge is -1.89. The number of ether oxygens (including phenoxy) is 1. The molecule has 0 radical (unpaired) electrons. The topological polar surface area (TPSA) is 52.3 Å². The van der Waals surface area contributed by atoms with Gasteiger partial charge in [0.1, 0.15) is 0 Å². The first-order valence-electron chi connectivity index (χ1n) is 4.10. The maximum Gasteiger partial charge on any atom is 0.404 e. The van der Waals surface area contributed by atoms with Gasteiger partial charge in [-0.1, -0.05) is 35.9 Å². The van der Waals surface area contributed by atoms with Crippen molar-refractivity contribution in [2.45, 2.75) is 13.8 Å². The predicted molar refractivity (Wildman–Crippen MR) is 52.4 cm³/mol. The highest BCUT2D eigenvalue weighted by Gasteiger charge is 1.82. The Kier molecular flexibility index (Phi) is 6.32. The number of hydrogen-bond acceptors (Lipinski definition) is 2. The van der Waals surface area contributed by atoms with Crippen LogP contribution in [0.15, 0.2) is 30.3 Å². The Morgan fingerprint density at radius 1 is 1.38 bits per heavy atom. The molecule has 0 aliphatic rings. The van der Waals surface area contributed by atoms with Crippen LogP contribution in [0.5, 0.6) is 0 Å². The summed E-state index contributed by atoms with van der Waals surface area (Å²) >= 11 is 0. The Bertz CT molecular complexity index is 234. The van der Waals surface area contributed by atoms with Crippen molar-refractivity contribution in [1.29, 1.82) is 0 Å². The number of amides is 1. The summed E-state index contributed by atoms with van der Waals surface area (Å²) in [6, 6.07) is 10.3. The van der Waals surface area contributed by atoms with Crippen molar-refractivity contribution in [2.24, 2.45) is 5.73 Å². The van der Waals surface area contributed by atoms with Crippen LogP contribution in [0.4, 0.5) is 4.79 Å². The van der Waals surface area contributed by atoms with E-state index in [1.165, 1.54) is 5.56 Å². The van der Waals surface area contributed by atoms with E-state index in [0.717, 1.165) is 0 Å². The van der Waals surface area contributed by atoms with Crippen LogP contribution in [-0.2, 0) is 4.74 Å². The van der Waals surface area contributed by atoms with Crippen molar-refractivity contribution in [3.05, 3.63) is 35.9 Å². The van der Waals surface area contributed by atoms with E-state index in [4.69, 9.17) is 0 Å². The SMILES string of the molecule is CCOC(N)=O.Cc1ccccc1. The first-order chi connectivity index (χ1) is 6.16. The molecule has 0 aromatic heterocycles. The summed E-state index contributed by atoms with van der Waals surface area (Å²) in [7, 11) is 0. The number of nitrogens with two attached hydrogens (primary N) is 1. The highest BCUT2D eigenvalue weighted by atomic mass is 16.5. The normalized spacial score (nSPS) is 8.15. The van der Waals surface area contributed by atoms with Crippen molar-refractivity contribution in [3.63, 3.8) is 0 Å². The average Bonchev–Trinajstić information content (AvgIpc) is 2.06. The molecule has 0 fully saturated rings. The molecule has 1 rings (SSSR count). The van der Waals surface area contributed by atoms with Gasteiger partial charge in [0.05, 0.1) is 6.61 Å². The molecule has 1 aromatic rings. The van der Waals surface area contributed by atoms with Crippen LogP contribution in [0.25, 0.3) is 0 Å². The first kappa shape index (κ1) is 11.5. The molecule has 1 aromatic carbocycles. The number of aryl methyl sites for hydroxylation is 1. The van der Waals surface area contributed by atoms with E-state index in [1.807, 2.05) is 18.2 Å². The smallest absolute Gasteiger partial charge is 0.404 e. The Labute approximate surface area is 78.5 Å². The van der Waals surface area contributed by atoms with E-state index in [0.29, 0.717) is 6.61 Å². The van der Waals surface area contributed by atoms with Gasteiger partial charge in [-0.2, -0.15) is 0 Å². The summed E-state index contributed by atoms with van der Waals surface area (Å²) in [6.07, 6.45) is -0.711. The number of carbonyl (C=O) groups excluding carboxylic acids is 1. The minimum atomic E-state index is -0.711. The van der Waals surface area contributed by atoms with Gasteiger partial charge >= 0.3 is 6.09 Å². The number of rotatable bonds is 1. The van der Waals surface area contributed by atoms with E-state index in [-0.39, 0.29) is 0 Å². The molecule has 3 nitrogen and oxygen atoms in total. The third-order valence-corrected chi connectivity index (χ3v) is 1.23. The third kappa shape index (κ3) is 8.40. The number of hydrogen-bond donors (Lipinski definition) is 1. The lowest BCUT2D eigenvalue weighted by Crippen LogP contribution is -2.11. The fourth-order valence-electron chi connectivity index (χ4n) is 0.677. The number of carbonyl (C=O) groups is 1. The monoisotopic (exact) mass is 181 g/mol. The van der Waals surface area contributed by atoms with E-state index >= 15 is 0 Å². The fraction of sp³-hybridized carbons (Fsp3) is 0.300. The van der Waals surface area contributed by atoms with Gasteiger partial charge in [0.15, 0.2) is 0 Å². The Morgan fingerprint density at radius 3 is 2.08 bits per heavy atom. The zero-order chi connectivity index (χ0) is 10.1. The Balaban J connectivity index is 0.000000226. The lowest BCUT2D eigenvalue weighted by molar-refractivity contribution is 0.163. The summed E-state index contributed by atoms with van der Waals surface area (Å²) in [5, 5.41) is 0. The van der Waals surface area contributed by atoms with Crippen molar-refractivity contribution in [3.8, 4) is 0 Å². The van der Waals surface area contributed by atoms with Crippen molar-refractivity contribution < 1.29 is 9.53 Å². The summed E-state index contributed by atoms with van der Waals surface area (Å²) in [4.78, 5) is 9.60. The zero-order valence-corrected chi connectivity index (χ0v) is 7.99. The number of primary amides is 1. The van der Waals surface area contributed by atoms with Crippen LogP contribution in [0.2, 0.25) is 0 Å². The third-order valence-electron chi connectivity index (χ3n) is 1.23. The predicted octanol–water partition coefficient (Wildman–Crippen LogP) is 2.10. The molecule has 13 heavy (non-hydrogen) atoms. The minimum Gasteiger partial charge on any atom is -0.450 e. The molecule has 0 saturated heterocycles. The molecule has 0 bridgehead atoms. The molecule has 0 heterocycles. The summed E-state index contributed by atoms with van der Waals surface area (Å²) < 4.78 is 4.18. The lowest BCUT2D eigenvalue weighted by atomic mass is 10.2. The molecule has 0 unspecified atom stereocenters. The minimum absolute atomic E-state index is 0.356. The van der Waals surface area contributed by atoms with Crippen LogP contribution >= 0.6 is 0 Å². The summed E-state index contributed by atoms with van der Waals surface area (Å²) in [6.45, 7) is 4.14. The van der Waals surface area contributed by atoms with Gasteiger partial charge in [-0.05, 0) is 13.8 Å². The van der Waals surface area contributed by atoms with Gasteiger partial charge in [-0.3, -0.25) is 0 Å². The number of benzene rings is 1. The maximum absolute atomic E-state index is 9.60. The van der Waals surface area contributed by atoms with Crippen molar-refractivity contribution in [2.75, 3.05) is 6.61 Å². The molecule has 3 heteroatoms. The summed E-state index contributed by atoms with van der Waals surface area (Å²) in [5.74, 6) is 0. The van der Waals surface area contributed by atoms with Gasteiger partial charge < -0.3 is 10.5 Å². The molecule has 1 amide bonds. The van der Waals surface area contributed by atoms with Gasteiger partial charge in [0, 0.05) is 0 Å². The molecule has 0 aliphatic heterocycles. The van der Waals surface area contributed by atoms with Crippen LogP contribution in [0.3, 0.4) is 0 Å². The average molecular weight is 181 g/mol. The largest absolute Gasteiger partial charge is 0.450 e. The van der Waals surface area contributed by atoms with E-state index in [1.54, 1.807) is 6.92 Å². The summed E-state index contributed by atoms with van der Waals surface area (Å²) in [5.41, 5.74) is 5.86. The van der Waals surface area contributed by atoms with Gasteiger partial charge in [0.2, 0.25) is 0 Å². The second kappa shape index (κ2) is 7.16. The molecular weight excluding hydrogens is 166 g/mol. The van der Waals surface area contributed by atoms with E-state index in [2.05, 4.69) is 29.5 Å². The Hall–Kier alpha value is -1.51. The van der Waals surface area contributed by atoms with E-state index < -0.39 is 6.09 Å². The van der Waals surface area contributed by atoms with Crippen LogP contribution in [0, 0.1) is 6.92 Å². The standard InChI is InChI=1S/C7H8.C3H7NO2/c1-7-5-3-2-4-6-7;1-2-6-3(4)5/h2-6H,1H3;2H2,1H3,(H2,4,5). The second-order valence-electron chi connectivity index (χ2n) is 2.41. The Morgan fingerprint density at radius 2 is 1.92 bits per heavy atom. The van der Waals surface area contributed by atoms with Crippen LogP contribution in [0.1, 0.15) is 12.5 Å². The first-order valence-corrected chi connectivity index (χ1v) is 4.10. The maximum atomic E-state index is 9.60. The van der Waals surface area contributed by atoms with Gasteiger partial charge in [-0.25, -0.2) is 4.79 Å². The van der Waals surface area contributed by atoms with Crippen molar-refractivity contribution >= 4 is 6.09 Å². The molecule has 72 valence electrons. The fourth-order valence-corrected chi connectivity index (χ4v) is 0.677.